The molecule has 0 saturated heterocycles. The number of hydrogen-bond donors (Lipinski definition) is 2. The number of carbonyl (C=O) groups excluding carboxylic acids is 2. The van der Waals surface area contributed by atoms with Crippen molar-refractivity contribution in [3.05, 3.63) is 95.0 Å². The van der Waals surface area contributed by atoms with E-state index in [1.165, 1.54) is 6.21 Å². The highest BCUT2D eigenvalue weighted by Gasteiger charge is 2.12. The molecule has 0 aliphatic heterocycles. The van der Waals surface area contributed by atoms with Crippen molar-refractivity contribution in [2.75, 3.05) is 5.32 Å². The maximum Gasteiger partial charge on any atom is 0.329 e. The Morgan fingerprint density at radius 1 is 0.897 bits per heavy atom. The lowest BCUT2D eigenvalue weighted by Gasteiger charge is -2.09. The Labute approximate surface area is 173 Å². The summed E-state index contributed by atoms with van der Waals surface area (Å²) in [5, 5.41) is 6.84. The van der Waals surface area contributed by atoms with Crippen LogP contribution >= 0.6 is 11.6 Å². The molecule has 0 saturated carbocycles. The van der Waals surface area contributed by atoms with E-state index in [4.69, 9.17) is 16.3 Å². The molecule has 6 nitrogen and oxygen atoms in total. The molecular formula is C22H18ClN3O3. The van der Waals surface area contributed by atoms with E-state index in [-0.39, 0.29) is 0 Å². The van der Waals surface area contributed by atoms with E-state index in [0.29, 0.717) is 28.6 Å². The van der Waals surface area contributed by atoms with E-state index in [1.54, 1.807) is 36.4 Å². The zero-order chi connectivity index (χ0) is 20.5. The van der Waals surface area contributed by atoms with Crippen LogP contribution in [0.5, 0.6) is 5.75 Å². The van der Waals surface area contributed by atoms with Gasteiger partial charge in [0.15, 0.2) is 0 Å². The second kappa shape index (κ2) is 10.1. The molecule has 0 unspecified atom stereocenters. The molecule has 3 aromatic carbocycles. The number of benzene rings is 3. The molecule has 3 aromatic rings. The average Bonchev–Trinajstić information content (AvgIpc) is 2.75. The second-order valence-electron chi connectivity index (χ2n) is 5.97. The van der Waals surface area contributed by atoms with Crippen molar-refractivity contribution in [2.24, 2.45) is 5.10 Å². The number of ether oxygens (including phenoxy) is 1. The lowest BCUT2D eigenvalue weighted by atomic mass is 10.2. The maximum atomic E-state index is 11.9. The van der Waals surface area contributed by atoms with Crippen LogP contribution in [0.4, 0.5) is 5.69 Å². The Morgan fingerprint density at radius 3 is 2.34 bits per heavy atom. The number of anilines is 1. The van der Waals surface area contributed by atoms with Crippen LogP contribution in [0.3, 0.4) is 0 Å². The third-order valence-corrected chi connectivity index (χ3v) is 4.09. The van der Waals surface area contributed by atoms with Gasteiger partial charge in [0, 0.05) is 16.3 Å². The molecule has 0 aliphatic carbocycles. The highest BCUT2D eigenvalue weighted by molar-refractivity contribution is 6.39. The van der Waals surface area contributed by atoms with Crippen molar-refractivity contribution in [3.8, 4) is 5.75 Å². The topological polar surface area (TPSA) is 79.8 Å². The number of hydrogen-bond acceptors (Lipinski definition) is 4. The number of amides is 2. The minimum absolute atomic E-state index is 0.404. The summed E-state index contributed by atoms with van der Waals surface area (Å²) in [5.74, 6) is -1.11. The van der Waals surface area contributed by atoms with Gasteiger partial charge in [-0.15, -0.1) is 0 Å². The van der Waals surface area contributed by atoms with E-state index in [9.17, 15) is 9.59 Å². The van der Waals surface area contributed by atoms with Crippen LogP contribution in [0.15, 0.2) is 84.0 Å². The quantitative estimate of drug-likeness (QED) is 0.368. The first-order valence-corrected chi connectivity index (χ1v) is 9.15. The third-order valence-electron chi connectivity index (χ3n) is 3.83. The second-order valence-corrected chi connectivity index (χ2v) is 6.41. The molecule has 0 radical (unpaired) electrons. The normalized spacial score (nSPS) is 10.5. The van der Waals surface area contributed by atoms with E-state index in [0.717, 1.165) is 5.56 Å². The van der Waals surface area contributed by atoms with Crippen LogP contribution in [0.25, 0.3) is 0 Å². The van der Waals surface area contributed by atoms with Gasteiger partial charge in [-0.3, -0.25) is 9.59 Å². The SMILES string of the molecule is O=C(NN=Cc1ccccc1OCc1ccccc1)C(=O)Nc1ccc(Cl)cc1. The number of nitrogens with zero attached hydrogens (tertiary/aromatic N) is 1. The predicted octanol–water partition coefficient (Wildman–Crippen LogP) is 4.01. The third kappa shape index (κ3) is 6.19. The lowest BCUT2D eigenvalue weighted by molar-refractivity contribution is -0.136. The minimum atomic E-state index is -0.890. The van der Waals surface area contributed by atoms with Gasteiger partial charge in [-0.25, -0.2) is 5.43 Å². The van der Waals surface area contributed by atoms with Crippen LogP contribution < -0.4 is 15.5 Å². The molecule has 0 bridgehead atoms. The number of hydrazone groups is 1. The van der Waals surface area contributed by atoms with Crippen LogP contribution in [0, 0.1) is 0 Å². The summed E-state index contributed by atoms with van der Waals surface area (Å²) >= 11 is 5.79. The minimum Gasteiger partial charge on any atom is -0.488 e. The first kappa shape index (κ1) is 20.1. The zero-order valence-electron chi connectivity index (χ0n) is 15.3. The monoisotopic (exact) mass is 407 g/mol. The molecule has 3 rings (SSSR count). The first-order chi connectivity index (χ1) is 14.1. The van der Waals surface area contributed by atoms with Crippen molar-refractivity contribution < 1.29 is 14.3 Å². The van der Waals surface area contributed by atoms with Crippen molar-refractivity contribution >= 4 is 35.3 Å². The molecular weight excluding hydrogens is 390 g/mol. The first-order valence-electron chi connectivity index (χ1n) is 8.77. The standard InChI is InChI=1S/C22H18ClN3O3/c23-18-10-12-19(13-11-18)25-21(27)22(28)26-24-14-17-8-4-5-9-20(17)29-15-16-6-2-1-3-7-16/h1-14H,15H2,(H,25,27)(H,26,28). The molecule has 7 heteroatoms. The van der Waals surface area contributed by atoms with Crippen LogP contribution in [-0.4, -0.2) is 18.0 Å². The van der Waals surface area contributed by atoms with Crippen LogP contribution in [0.1, 0.15) is 11.1 Å². The number of nitrogens with one attached hydrogen (secondary N) is 2. The molecule has 2 amide bonds. The highest BCUT2D eigenvalue weighted by atomic mass is 35.5. The van der Waals surface area contributed by atoms with Crippen LogP contribution in [-0.2, 0) is 16.2 Å². The predicted molar refractivity (Wildman–Crippen MR) is 113 cm³/mol. The molecule has 146 valence electrons. The molecule has 2 N–H and O–H groups in total. The van der Waals surface area contributed by atoms with Gasteiger partial charge in [-0.05, 0) is 42.0 Å². The summed E-state index contributed by atoms with van der Waals surface area (Å²) in [6, 6.07) is 23.4. The number of para-hydroxylation sites is 1. The van der Waals surface area contributed by atoms with E-state index < -0.39 is 11.8 Å². The summed E-state index contributed by atoms with van der Waals surface area (Å²) in [5.41, 5.74) is 4.36. The molecule has 0 atom stereocenters. The molecule has 0 fully saturated rings. The summed E-state index contributed by atoms with van der Waals surface area (Å²) in [7, 11) is 0. The average molecular weight is 408 g/mol. The fourth-order valence-corrected chi connectivity index (χ4v) is 2.51. The zero-order valence-corrected chi connectivity index (χ0v) is 16.1. The van der Waals surface area contributed by atoms with Gasteiger partial charge >= 0.3 is 11.8 Å². The molecule has 0 aliphatic rings. The van der Waals surface area contributed by atoms with Gasteiger partial charge in [-0.1, -0.05) is 54.1 Å². The van der Waals surface area contributed by atoms with E-state index >= 15 is 0 Å². The van der Waals surface area contributed by atoms with E-state index in [1.807, 2.05) is 42.5 Å². The molecule has 29 heavy (non-hydrogen) atoms. The van der Waals surface area contributed by atoms with Crippen molar-refractivity contribution in [3.63, 3.8) is 0 Å². The van der Waals surface area contributed by atoms with Gasteiger partial charge in [0.25, 0.3) is 0 Å². The van der Waals surface area contributed by atoms with Gasteiger partial charge in [-0.2, -0.15) is 5.10 Å². The Hall–Kier alpha value is -3.64. The lowest BCUT2D eigenvalue weighted by Crippen LogP contribution is -2.32. The van der Waals surface area contributed by atoms with Crippen LogP contribution in [0.2, 0.25) is 5.02 Å². The molecule has 0 aromatic heterocycles. The van der Waals surface area contributed by atoms with Crippen molar-refractivity contribution in [2.45, 2.75) is 6.61 Å². The Morgan fingerprint density at radius 2 is 1.59 bits per heavy atom. The van der Waals surface area contributed by atoms with Gasteiger partial charge in [0.2, 0.25) is 0 Å². The smallest absolute Gasteiger partial charge is 0.329 e. The van der Waals surface area contributed by atoms with Gasteiger partial charge < -0.3 is 10.1 Å². The number of rotatable bonds is 6. The van der Waals surface area contributed by atoms with Crippen molar-refractivity contribution in [1.29, 1.82) is 0 Å². The Bertz CT molecular complexity index is 1010. The van der Waals surface area contributed by atoms with Gasteiger partial charge in [0.05, 0.1) is 6.21 Å². The summed E-state index contributed by atoms with van der Waals surface area (Å²) in [4.78, 5) is 23.8. The molecule has 0 heterocycles. The maximum absolute atomic E-state index is 11.9. The van der Waals surface area contributed by atoms with E-state index in [2.05, 4.69) is 15.8 Å². The summed E-state index contributed by atoms with van der Waals surface area (Å²) in [6.45, 7) is 0.404. The number of carbonyl (C=O) groups is 2. The fourth-order valence-electron chi connectivity index (χ4n) is 2.39. The van der Waals surface area contributed by atoms with Gasteiger partial charge in [0.1, 0.15) is 12.4 Å². The Balaban J connectivity index is 1.56. The van der Waals surface area contributed by atoms with Crippen molar-refractivity contribution in [1.82, 2.24) is 5.43 Å². The Kier molecular flexibility index (Phi) is 6.97. The summed E-state index contributed by atoms with van der Waals surface area (Å²) < 4.78 is 5.82. The fraction of sp³-hybridized carbons (Fsp3) is 0.0455. The highest BCUT2D eigenvalue weighted by Crippen LogP contribution is 2.17. The number of halogens is 1. The molecule has 0 spiro atoms. The summed E-state index contributed by atoms with van der Waals surface area (Å²) in [6.07, 6.45) is 1.42. The largest absolute Gasteiger partial charge is 0.488 e.